The molecule has 0 spiro atoms. The Kier molecular flexibility index (Phi) is 4.08. The molecule has 100 valence electrons. The lowest BCUT2D eigenvalue weighted by molar-refractivity contribution is -0.0360. The highest BCUT2D eigenvalue weighted by atomic mass is 16.3. The fourth-order valence-electron chi connectivity index (χ4n) is 3.14. The summed E-state index contributed by atoms with van der Waals surface area (Å²) in [6, 6.07) is 1.23. The number of piperidine rings is 1. The molecule has 0 amide bonds. The molecule has 2 fully saturated rings. The van der Waals surface area contributed by atoms with E-state index in [0.717, 1.165) is 13.1 Å². The van der Waals surface area contributed by atoms with Gasteiger partial charge in [-0.1, -0.05) is 6.42 Å². The van der Waals surface area contributed by atoms with E-state index in [2.05, 4.69) is 16.7 Å². The zero-order valence-corrected chi connectivity index (χ0v) is 11.2. The van der Waals surface area contributed by atoms with Crippen LogP contribution in [0.5, 0.6) is 0 Å². The van der Waals surface area contributed by atoms with Gasteiger partial charge in [-0.25, -0.2) is 0 Å². The van der Waals surface area contributed by atoms with Crippen molar-refractivity contribution in [2.45, 2.75) is 50.8 Å². The molecule has 2 aliphatic rings. The number of hydrogen-bond donors (Lipinski definition) is 2. The van der Waals surface area contributed by atoms with E-state index in [1.165, 1.54) is 25.8 Å². The second kappa shape index (κ2) is 5.22. The Labute approximate surface area is 105 Å². The Hall–Kier alpha value is -0.160. The second-order valence-corrected chi connectivity index (χ2v) is 6.12. The highest BCUT2D eigenvalue weighted by molar-refractivity contribution is 4.91. The van der Waals surface area contributed by atoms with E-state index in [4.69, 9.17) is 5.73 Å². The van der Waals surface area contributed by atoms with Crippen LogP contribution < -0.4 is 5.73 Å². The van der Waals surface area contributed by atoms with Crippen molar-refractivity contribution in [1.82, 2.24) is 9.80 Å². The van der Waals surface area contributed by atoms with Crippen LogP contribution in [-0.2, 0) is 0 Å². The average Bonchev–Trinajstić information content (AvgIpc) is 2.30. The van der Waals surface area contributed by atoms with Gasteiger partial charge in [0.25, 0.3) is 0 Å². The fraction of sp³-hybridized carbons (Fsp3) is 1.00. The minimum atomic E-state index is -0.745. The molecule has 4 nitrogen and oxygen atoms in total. The summed E-state index contributed by atoms with van der Waals surface area (Å²) in [4.78, 5) is 5.04. The molecular weight excluding hydrogens is 214 g/mol. The molecule has 2 rings (SSSR count). The first-order chi connectivity index (χ1) is 8.02. The van der Waals surface area contributed by atoms with Crippen molar-refractivity contribution in [3.8, 4) is 0 Å². The van der Waals surface area contributed by atoms with Crippen LogP contribution in [-0.4, -0.2) is 65.3 Å². The monoisotopic (exact) mass is 241 g/mol. The maximum Gasteiger partial charge on any atom is 0.0867 e. The number of fused-ring (bicyclic) bond motifs is 1. The summed E-state index contributed by atoms with van der Waals surface area (Å²) in [6.45, 7) is 8.64. The lowest BCUT2D eigenvalue weighted by Gasteiger charge is -2.49. The zero-order chi connectivity index (χ0) is 12.5. The Balaban J connectivity index is 1.95. The molecule has 3 unspecified atom stereocenters. The van der Waals surface area contributed by atoms with Crippen molar-refractivity contribution in [1.29, 1.82) is 0 Å². The standard InChI is InChI=1S/C13H27N3O/c1-11-7-15-6-4-3-5-12(15)8-16(11)10-13(2,17)9-14/h11-12,17H,3-10,14H2,1-2H3. The lowest BCUT2D eigenvalue weighted by Crippen LogP contribution is -2.61. The third-order valence-corrected chi connectivity index (χ3v) is 4.30. The Morgan fingerprint density at radius 1 is 1.35 bits per heavy atom. The SMILES string of the molecule is CC1CN2CCCCC2CN1CC(C)(O)CN. The molecule has 0 radical (unpaired) electrons. The summed E-state index contributed by atoms with van der Waals surface area (Å²) >= 11 is 0. The van der Waals surface area contributed by atoms with Crippen molar-refractivity contribution >= 4 is 0 Å². The molecule has 0 saturated carbocycles. The van der Waals surface area contributed by atoms with Crippen molar-refractivity contribution in [2.75, 3.05) is 32.7 Å². The molecule has 2 saturated heterocycles. The molecule has 0 aliphatic carbocycles. The first-order valence-electron chi connectivity index (χ1n) is 6.92. The number of β-amino-alcohol motifs (C(OH)–C–C–N with tert-alkyl or cyclic N) is 1. The molecule has 2 heterocycles. The summed E-state index contributed by atoms with van der Waals surface area (Å²) in [5, 5.41) is 10.1. The van der Waals surface area contributed by atoms with Crippen molar-refractivity contribution in [3.63, 3.8) is 0 Å². The summed E-state index contributed by atoms with van der Waals surface area (Å²) < 4.78 is 0. The molecule has 0 aromatic rings. The van der Waals surface area contributed by atoms with Gasteiger partial charge in [0.15, 0.2) is 0 Å². The van der Waals surface area contributed by atoms with E-state index in [9.17, 15) is 5.11 Å². The number of nitrogens with zero attached hydrogens (tertiary/aromatic N) is 2. The van der Waals surface area contributed by atoms with E-state index in [1.807, 2.05) is 6.92 Å². The molecule has 0 aromatic carbocycles. The van der Waals surface area contributed by atoms with Gasteiger partial charge in [0.05, 0.1) is 5.60 Å². The maximum atomic E-state index is 10.1. The summed E-state index contributed by atoms with van der Waals surface area (Å²) in [7, 11) is 0. The summed E-state index contributed by atoms with van der Waals surface area (Å²) in [5.74, 6) is 0. The molecule has 2 aliphatic heterocycles. The topological polar surface area (TPSA) is 52.7 Å². The van der Waals surface area contributed by atoms with Crippen molar-refractivity contribution < 1.29 is 5.11 Å². The lowest BCUT2D eigenvalue weighted by atomic mass is 9.95. The third-order valence-electron chi connectivity index (χ3n) is 4.30. The Morgan fingerprint density at radius 3 is 2.82 bits per heavy atom. The average molecular weight is 241 g/mol. The predicted octanol–water partition coefficient (Wildman–Crippen LogP) is 0.255. The van der Waals surface area contributed by atoms with Crippen LogP contribution in [0.4, 0.5) is 0 Å². The van der Waals surface area contributed by atoms with Crippen molar-refractivity contribution in [2.24, 2.45) is 5.73 Å². The van der Waals surface area contributed by atoms with Gasteiger partial charge >= 0.3 is 0 Å². The predicted molar refractivity (Wildman–Crippen MR) is 69.9 cm³/mol. The first kappa shape index (κ1) is 13.3. The van der Waals surface area contributed by atoms with Crippen LogP contribution in [0.1, 0.15) is 33.1 Å². The number of aliphatic hydroxyl groups is 1. The van der Waals surface area contributed by atoms with Gasteiger partial charge in [0, 0.05) is 38.3 Å². The molecule has 0 aromatic heterocycles. The van der Waals surface area contributed by atoms with Crippen LogP contribution in [0.25, 0.3) is 0 Å². The third kappa shape index (κ3) is 3.19. The molecule has 4 heteroatoms. The minimum absolute atomic E-state index is 0.338. The van der Waals surface area contributed by atoms with Crippen LogP contribution in [0.3, 0.4) is 0 Å². The van der Waals surface area contributed by atoms with Gasteiger partial charge < -0.3 is 10.8 Å². The Morgan fingerprint density at radius 2 is 2.12 bits per heavy atom. The molecule has 0 bridgehead atoms. The van der Waals surface area contributed by atoms with E-state index in [0.29, 0.717) is 25.2 Å². The van der Waals surface area contributed by atoms with E-state index in [1.54, 1.807) is 0 Å². The van der Waals surface area contributed by atoms with Gasteiger partial charge in [-0.3, -0.25) is 9.80 Å². The smallest absolute Gasteiger partial charge is 0.0867 e. The normalized spacial score (nSPS) is 35.3. The van der Waals surface area contributed by atoms with E-state index in [-0.39, 0.29) is 0 Å². The van der Waals surface area contributed by atoms with Gasteiger partial charge in [0.2, 0.25) is 0 Å². The Bertz CT molecular complexity index is 257. The highest BCUT2D eigenvalue weighted by Gasteiger charge is 2.35. The van der Waals surface area contributed by atoms with Crippen LogP contribution >= 0.6 is 0 Å². The summed E-state index contributed by atoms with van der Waals surface area (Å²) in [5.41, 5.74) is 4.87. The zero-order valence-electron chi connectivity index (χ0n) is 11.2. The van der Waals surface area contributed by atoms with Gasteiger partial charge in [0.1, 0.15) is 0 Å². The fourth-order valence-corrected chi connectivity index (χ4v) is 3.14. The minimum Gasteiger partial charge on any atom is -0.388 e. The quantitative estimate of drug-likeness (QED) is 0.744. The number of nitrogens with two attached hydrogens (primary N) is 1. The maximum absolute atomic E-state index is 10.1. The molecular formula is C13H27N3O. The first-order valence-corrected chi connectivity index (χ1v) is 6.92. The highest BCUT2D eigenvalue weighted by Crippen LogP contribution is 2.24. The number of piperazine rings is 1. The van der Waals surface area contributed by atoms with Gasteiger partial charge in [-0.05, 0) is 33.2 Å². The summed E-state index contributed by atoms with van der Waals surface area (Å²) in [6.07, 6.45) is 4.02. The van der Waals surface area contributed by atoms with Crippen LogP contribution in [0, 0.1) is 0 Å². The van der Waals surface area contributed by atoms with E-state index >= 15 is 0 Å². The van der Waals surface area contributed by atoms with Crippen molar-refractivity contribution in [3.05, 3.63) is 0 Å². The number of hydrogen-bond acceptors (Lipinski definition) is 4. The largest absolute Gasteiger partial charge is 0.388 e. The van der Waals surface area contributed by atoms with Gasteiger partial charge in [-0.15, -0.1) is 0 Å². The molecule has 3 atom stereocenters. The van der Waals surface area contributed by atoms with Crippen LogP contribution in [0.2, 0.25) is 0 Å². The second-order valence-electron chi connectivity index (χ2n) is 6.12. The molecule has 3 N–H and O–H groups in total. The van der Waals surface area contributed by atoms with Gasteiger partial charge in [-0.2, -0.15) is 0 Å². The molecule has 17 heavy (non-hydrogen) atoms. The van der Waals surface area contributed by atoms with E-state index < -0.39 is 5.60 Å². The van der Waals surface area contributed by atoms with Crippen LogP contribution in [0.15, 0.2) is 0 Å². The number of rotatable bonds is 3.